The van der Waals surface area contributed by atoms with Crippen LogP contribution in [0.4, 0.5) is 5.69 Å². The quantitative estimate of drug-likeness (QED) is 0.112. The highest BCUT2D eigenvalue weighted by Gasteiger charge is 2.14. The Morgan fingerprint density at radius 3 is 2.50 bits per heavy atom. The Labute approximate surface area is 194 Å². The average molecular weight is 464 g/mol. The summed E-state index contributed by atoms with van der Waals surface area (Å²) in [6.45, 7) is 1.92. The highest BCUT2D eigenvalue weighted by Crippen LogP contribution is 2.23. The third kappa shape index (κ3) is 10.0. The molecule has 10 heteroatoms. The van der Waals surface area contributed by atoms with Gasteiger partial charge in [0.05, 0.1) is 6.61 Å². The van der Waals surface area contributed by atoms with E-state index in [1.807, 2.05) is 12.1 Å². The summed E-state index contributed by atoms with van der Waals surface area (Å²) in [5.74, 6) is 0.741. The van der Waals surface area contributed by atoms with Gasteiger partial charge in [-0.1, -0.05) is 38.5 Å². The normalized spacial score (nSPS) is 16.1. The Morgan fingerprint density at radius 1 is 1.19 bits per heavy atom. The first kappa shape index (κ1) is 26.2. The van der Waals surface area contributed by atoms with Crippen molar-refractivity contribution in [2.45, 2.75) is 64.2 Å². The van der Waals surface area contributed by atoms with Crippen LogP contribution in [-0.2, 0) is 16.0 Å². The lowest BCUT2D eigenvalue weighted by Crippen LogP contribution is -2.38. The molecule has 0 amide bonds. The van der Waals surface area contributed by atoms with Gasteiger partial charge in [-0.3, -0.25) is 9.19 Å². The number of pyridine rings is 1. The zero-order chi connectivity index (χ0) is 23.0. The minimum Gasteiger partial charge on any atom is -0.760 e. The van der Waals surface area contributed by atoms with Crippen molar-refractivity contribution in [1.29, 1.82) is 5.26 Å². The summed E-state index contributed by atoms with van der Waals surface area (Å²) >= 11 is -2.26. The third-order valence-electron chi connectivity index (χ3n) is 5.73. The van der Waals surface area contributed by atoms with Gasteiger partial charge in [0.2, 0.25) is 12.2 Å². The molecule has 2 N–H and O–H groups in total. The monoisotopic (exact) mass is 463 g/mol. The first-order chi connectivity index (χ1) is 15.6. The maximum atomic E-state index is 11.5. The Balaban J connectivity index is 1.62. The second kappa shape index (κ2) is 15.7. The number of aromatic nitrogens is 1. The molecule has 1 saturated carbocycles. The molecule has 32 heavy (non-hydrogen) atoms. The fourth-order valence-corrected chi connectivity index (χ4v) is 4.40. The maximum absolute atomic E-state index is 11.5. The molecule has 1 aromatic rings. The van der Waals surface area contributed by atoms with Crippen molar-refractivity contribution in [1.82, 2.24) is 9.29 Å². The zero-order valence-corrected chi connectivity index (χ0v) is 19.5. The van der Waals surface area contributed by atoms with E-state index in [1.165, 1.54) is 36.4 Å². The first-order valence-electron chi connectivity index (χ1n) is 11.4. The van der Waals surface area contributed by atoms with Crippen molar-refractivity contribution >= 4 is 22.9 Å². The van der Waals surface area contributed by atoms with E-state index in [0.717, 1.165) is 37.8 Å². The second-order valence-electron chi connectivity index (χ2n) is 8.12. The summed E-state index contributed by atoms with van der Waals surface area (Å²) in [7, 11) is 0. The number of nitriles is 1. The number of hydrogen-bond donors (Lipinski definition) is 1. The molecule has 1 fully saturated rings. The van der Waals surface area contributed by atoms with Crippen LogP contribution in [0.2, 0.25) is 0 Å². The van der Waals surface area contributed by atoms with Crippen molar-refractivity contribution in [2.24, 2.45) is 16.6 Å². The molecule has 0 aromatic carbocycles. The Bertz CT molecular complexity index is 737. The van der Waals surface area contributed by atoms with Crippen LogP contribution in [0.25, 0.3) is 0 Å². The molecular weight excluding hydrogens is 428 g/mol. The molecule has 0 bridgehead atoms. The number of nitrogens with zero attached hydrogens (tertiary/aromatic N) is 5. The van der Waals surface area contributed by atoms with Gasteiger partial charge in [0.15, 0.2) is 0 Å². The van der Waals surface area contributed by atoms with E-state index in [2.05, 4.69) is 9.98 Å². The van der Waals surface area contributed by atoms with E-state index in [9.17, 15) is 8.76 Å². The summed E-state index contributed by atoms with van der Waals surface area (Å²) < 4.78 is 30.0. The van der Waals surface area contributed by atoms with Gasteiger partial charge < -0.3 is 19.9 Å². The molecule has 1 unspecified atom stereocenters. The van der Waals surface area contributed by atoms with Gasteiger partial charge in [-0.05, 0) is 43.7 Å². The van der Waals surface area contributed by atoms with Gasteiger partial charge in [0.25, 0.3) is 0 Å². The lowest BCUT2D eigenvalue weighted by molar-refractivity contribution is 0.0371. The SMILES string of the molecule is N#CN=C(N)N(CCCCCCCN(COCC1CCCCC1)S(=O)[O-])c1ccncc1. The third-order valence-corrected chi connectivity index (χ3v) is 6.44. The lowest BCUT2D eigenvalue weighted by Gasteiger charge is -2.26. The molecule has 2 rings (SSSR count). The number of nitrogens with two attached hydrogens (primary N) is 1. The summed E-state index contributed by atoms with van der Waals surface area (Å²) in [6, 6.07) is 3.65. The van der Waals surface area contributed by atoms with E-state index in [-0.39, 0.29) is 12.7 Å². The predicted molar refractivity (Wildman–Crippen MR) is 125 cm³/mol. The topological polar surface area (TPSA) is 131 Å². The number of rotatable bonds is 14. The molecule has 1 aliphatic carbocycles. The van der Waals surface area contributed by atoms with Crippen molar-refractivity contribution < 1.29 is 13.5 Å². The Morgan fingerprint density at radius 2 is 1.84 bits per heavy atom. The first-order valence-corrected chi connectivity index (χ1v) is 12.5. The van der Waals surface area contributed by atoms with Crippen LogP contribution >= 0.6 is 0 Å². The molecule has 0 aliphatic heterocycles. The molecule has 0 saturated heterocycles. The van der Waals surface area contributed by atoms with Gasteiger partial charge in [-0.2, -0.15) is 5.26 Å². The summed E-state index contributed by atoms with van der Waals surface area (Å²) in [5, 5.41) is 8.79. The zero-order valence-electron chi connectivity index (χ0n) is 18.7. The largest absolute Gasteiger partial charge is 0.760 e. The van der Waals surface area contributed by atoms with E-state index in [1.54, 1.807) is 23.5 Å². The van der Waals surface area contributed by atoms with Crippen LogP contribution < -0.4 is 10.6 Å². The molecule has 9 nitrogen and oxygen atoms in total. The van der Waals surface area contributed by atoms with Crippen LogP contribution in [-0.4, -0.2) is 50.4 Å². The summed E-state index contributed by atoms with van der Waals surface area (Å²) in [5.41, 5.74) is 6.77. The van der Waals surface area contributed by atoms with Gasteiger partial charge in [0, 0.05) is 42.4 Å². The van der Waals surface area contributed by atoms with Gasteiger partial charge in [0.1, 0.15) is 6.73 Å². The van der Waals surface area contributed by atoms with Crippen LogP contribution in [0, 0.1) is 17.4 Å². The Hall–Kier alpha value is -2.06. The van der Waals surface area contributed by atoms with Crippen LogP contribution in [0.5, 0.6) is 0 Å². The van der Waals surface area contributed by atoms with Crippen molar-refractivity contribution in [2.75, 3.05) is 31.3 Å². The number of guanidine groups is 1. The smallest absolute Gasteiger partial charge is 0.211 e. The van der Waals surface area contributed by atoms with E-state index in [4.69, 9.17) is 15.7 Å². The van der Waals surface area contributed by atoms with Crippen molar-refractivity contribution in [3.05, 3.63) is 24.5 Å². The molecule has 0 spiro atoms. The van der Waals surface area contributed by atoms with E-state index >= 15 is 0 Å². The molecular formula is C22H35N6O3S-. The van der Waals surface area contributed by atoms with Crippen LogP contribution in [0.1, 0.15) is 64.2 Å². The molecule has 1 aliphatic rings. The number of unbranched alkanes of at least 4 members (excludes halogenated alkanes) is 4. The van der Waals surface area contributed by atoms with Gasteiger partial charge >= 0.3 is 0 Å². The minimum atomic E-state index is -2.26. The molecule has 1 atom stereocenters. The summed E-state index contributed by atoms with van der Waals surface area (Å²) in [6.07, 6.45) is 15.8. The molecule has 178 valence electrons. The van der Waals surface area contributed by atoms with E-state index in [0.29, 0.717) is 25.6 Å². The highest BCUT2D eigenvalue weighted by molar-refractivity contribution is 7.76. The minimum absolute atomic E-state index is 0.144. The average Bonchev–Trinajstić information content (AvgIpc) is 2.81. The van der Waals surface area contributed by atoms with Crippen LogP contribution in [0.15, 0.2) is 29.5 Å². The van der Waals surface area contributed by atoms with E-state index < -0.39 is 11.3 Å². The van der Waals surface area contributed by atoms with Gasteiger partial charge in [-0.15, -0.1) is 4.99 Å². The van der Waals surface area contributed by atoms with Crippen molar-refractivity contribution in [3.63, 3.8) is 0 Å². The molecule has 1 aromatic heterocycles. The maximum Gasteiger partial charge on any atom is 0.211 e. The number of anilines is 1. The fraction of sp³-hybridized carbons (Fsp3) is 0.682. The summed E-state index contributed by atoms with van der Waals surface area (Å²) in [4.78, 5) is 9.45. The van der Waals surface area contributed by atoms with Gasteiger partial charge in [-0.25, -0.2) is 4.31 Å². The lowest BCUT2D eigenvalue weighted by atomic mass is 9.90. The second-order valence-corrected chi connectivity index (χ2v) is 9.07. The highest BCUT2D eigenvalue weighted by atomic mass is 32.2. The number of ether oxygens (including phenoxy) is 1. The number of hydrogen-bond acceptors (Lipinski definition) is 6. The van der Waals surface area contributed by atoms with Crippen LogP contribution in [0.3, 0.4) is 0 Å². The predicted octanol–water partition coefficient (Wildman–Crippen LogP) is 3.28. The number of aliphatic imine (C=N–C) groups is 1. The standard InChI is InChI=1S/C22H36N6O3S/c23-18-26-22(24)28(21-11-13-25-14-12-21)16-8-3-1-2-7-15-27(32(29)30)19-31-17-20-9-5-4-6-10-20/h11-14,20H,1-10,15-17,19H2,(H2,24,26)(H,29,30)/p-1. The fourth-order valence-electron chi connectivity index (χ4n) is 3.96. The molecule has 1 heterocycles. The molecule has 0 radical (unpaired) electrons. The Kier molecular flexibility index (Phi) is 12.8. The van der Waals surface area contributed by atoms with Crippen molar-refractivity contribution in [3.8, 4) is 6.19 Å².